The summed E-state index contributed by atoms with van der Waals surface area (Å²) in [6.45, 7) is 0.980. The van der Waals surface area contributed by atoms with E-state index in [1.807, 2.05) is 35.7 Å². The molecule has 5 heteroatoms. The van der Waals surface area contributed by atoms with Crippen LogP contribution in [-0.2, 0) is 0 Å². The minimum Gasteiger partial charge on any atom is -0.382 e. The second kappa shape index (κ2) is 5.51. The molecule has 0 amide bonds. The zero-order valence-corrected chi connectivity index (χ0v) is 10.1. The predicted octanol–water partition coefficient (Wildman–Crippen LogP) is 1.92. The third-order valence-electron chi connectivity index (χ3n) is 2.24. The van der Waals surface area contributed by atoms with Gasteiger partial charge in [-0.3, -0.25) is 0 Å². The Morgan fingerprint density at radius 2 is 2.47 bits per heavy atom. The smallest absolute Gasteiger partial charge is 0.146 e. The molecule has 0 radical (unpaired) electrons. The largest absolute Gasteiger partial charge is 0.382 e. The van der Waals surface area contributed by atoms with Gasteiger partial charge in [0.15, 0.2) is 0 Å². The van der Waals surface area contributed by atoms with Crippen molar-refractivity contribution in [1.29, 1.82) is 0 Å². The highest BCUT2D eigenvalue weighted by Gasteiger charge is 2.14. The molecule has 0 aliphatic carbocycles. The second-order valence-electron chi connectivity index (χ2n) is 3.38. The minimum atomic E-state index is 0.589. The average Bonchev–Trinajstić information content (AvgIpc) is 2.29. The minimum absolute atomic E-state index is 0.589. The number of hydrogen-bond donors (Lipinski definition) is 2. The molecule has 1 fully saturated rings. The normalized spacial score (nSPS) is 21.2. The molecule has 2 heterocycles. The van der Waals surface area contributed by atoms with Crippen molar-refractivity contribution in [3.8, 4) is 0 Å². The number of nitrogen functional groups attached to an aromatic ring is 1. The summed E-state index contributed by atoms with van der Waals surface area (Å²) in [7, 11) is 0. The van der Waals surface area contributed by atoms with E-state index in [-0.39, 0.29) is 0 Å². The van der Waals surface area contributed by atoms with Crippen LogP contribution < -0.4 is 11.1 Å². The summed E-state index contributed by atoms with van der Waals surface area (Å²) in [4.78, 5) is 4.05. The first kappa shape index (κ1) is 11.0. The Balaban J connectivity index is 1.84. The lowest BCUT2D eigenvalue weighted by Crippen LogP contribution is -2.23. The van der Waals surface area contributed by atoms with Crippen molar-refractivity contribution in [2.75, 3.05) is 34.9 Å². The highest BCUT2D eigenvalue weighted by atomic mass is 32.2. The summed E-state index contributed by atoms with van der Waals surface area (Å²) in [5, 5.41) is 4.06. The molecule has 3 N–H and O–H groups in total. The van der Waals surface area contributed by atoms with Gasteiger partial charge in [-0.05, 0) is 12.1 Å². The molecular formula is C10H15N3S2. The molecule has 1 aromatic rings. The molecule has 15 heavy (non-hydrogen) atoms. The van der Waals surface area contributed by atoms with Gasteiger partial charge in [0.25, 0.3) is 0 Å². The molecule has 1 aliphatic rings. The van der Waals surface area contributed by atoms with Crippen LogP contribution in [0.3, 0.4) is 0 Å². The summed E-state index contributed by atoms with van der Waals surface area (Å²) in [6.07, 6.45) is 1.71. The van der Waals surface area contributed by atoms with Gasteiger partial charge in [-0.1, -0.05) is 0 Å². The number of pyridine rings is 1. The fourth-order valence-electron chi connectivity index (χ4n) is 1.45. The van der Waals surface area contributed by atoms with Crippen LogP contribution in [0, 0.1) is 0 Å². The van der Waals surface area contributed by atoms with Crippen LogP contribution in [0.1, 0.15) is 0 Å². The lowest BCUT2D eigenvalue weighted by molar-refractivity contribution is 1.00. The summed E-state index contributed by atoms with van der Waals surface area (Å²) in [6, 6.07) is 3.88. The molecule has 0 spiro atoms. The van der Waals surface area contributed by atoms with Crippen LogP contribution >= 0.6 is 23.5 Å². The molecular weight excluding hydrogens is 226 g/mol. The van der Waals surface area contributed by atoms with Crippen molar-refractivity contribution in [3.05, 3.63) is 18.3 Å². The molecule has 0 aromatic carbocycles. The topological polar surface area (TPSA) is 50.9 Å². The van der Waals surface area contributed by atoms with Gasteiger partial charge in [0.1, 0.15) is 5.82 Å². The molecule has 0 bridgehead atoms. The average molecular weight is 241 g/mol. The SMILES string of the molecule is Nc1ncccc1NCC1CSCCS1. The molecule has 1 atom stereocenters. The maximum Gasteiger partial charge on any atom is 0.146 e. The summed E-state index contributed by atoms with van der Waals surface area (Å²) in [5.41, 5.74) is 6.70. The van der Waals surface area contributed by atoms with Gasteiger partial charge in [0, 0.05) is 35.3 Å². The standard InChI is InChI=1S/C10H15N3S2/c11-10-9(2-1-3-12-10)13-6-8-7-14-4-5-15-8/h1-3,8,13H,4-7H2,(H2,11,12). The first-order chi connectivity index (χ1) is 7.36. The molecule has 2 rings (SSSR count). The van der Waals surface area contributed by atoms with Crippen LogP contribution in [0.2, 0.25) is 0 Å². The van der Waals surface area contributed by atoms with E-state index < -0.39 is 0 Å². The third kappa shape index (κ3) is 3.21. The number of thioether (sulfide) groups is 2. The summed E-state index contributed by atoms with van der Waals surface area (Å²) < 4.78 is 0. The van der Waals surface area contributed by atoms with Crippen molar-refractivity contribution >= 4 is 35.0 Å². The van der Waals surface area contributed by atoms with Gasteiger partial charge in [0.2, 0.25) is 0 Å². The van der Waals surface area contributed by atoms with E-state index in [0.29, 0.717) is 11.1 Å². The maximum atomic E-state index is 5.75. The van der Waals surface area contributed by atoms with Gasteiger partial charge in [0.05, 0.1) is 5.69 Å². The summed E-state index contributed by atoms with van der Waals surface area (Å²) >= 11 is 4.08. The van der Waals surface area contributed by atoms with Gasteiger partial charge in [-0.25, -0.2) is 4.98 Å². The van der Waals surface area contributed by atoms with Crippen molar-refractivity contribution in [1.82, 2.24) is 4.98 Å². The molecule has 0 saturated carbocycles. The number of aromatic nitrogens is 1. The molecule has 82 valence electrons. The predicted molar refractivity (Wildman–Crippen MR) is 70.7 cm³/mol. The highest BCUT2D eigenvalue weighted by molar-refractivity contribution is 8.06. The number of nitrogens with zero attached hydrogens (tertiary/aromatic N) is 1. The van der Waals surface area contributed by atoms with E-state index in [0.717, 1.165) is 12.2 Å². The Kier molecular flexibility index (Phi) is 4.02. The Morgan fingerprint density at radius 3 is 3.20 bits per heavy atom. The fourth-order valence-corrected chi connectivity index (χ4v) is 4.06. The Hall–Kier alpha value is -0.550. The number of rotatable bonds is 3. The molecule has 1 unspecified atom stereocenters. The van der Waals surface area contributed by atoms with Crippen molar-refractivity contribution in [2.24, 2.45) is 0 Å². The van der Waals surface area contributed by atoms with Crippen molar-refractivity contribution < 1.29 is 0 Å². The van der Waals surface area contributed by atoms with E-state index in [9.17, 15) is 0 Å². The van der Waals surface area contributed by atoms with Gasteiger partial charge in [-0.2, -0.15) is 23.5 Å². The first-order valence-electron chi connectivity index (χ1n) is 5.00. The van der Waals surface area contributed by atoms with Crippen molar-refractivity contribution in [2.45, 2.75) is 5.25 Å². The summed E-state index contributed by atoms with van der Waals surface area (Å²) in [5.74, 6) is 4.37. The lowest BCUT2D eigenvalue weighted by atomic mass is 10.3. The van der Waals surface area contributed by atoms with Crippen molar-refractivity contribution in [3.63, 3.8) is 0 Å². The quantitative estimate of drug-likeness (QED) is 0.847. The number of nitrogens with one attached hydrogen (secondary N) is 1. The maximum absolute atomic E-state index is 5.75. The second-order valence-corrected chi connectivity index (χ2v) is 5.94. The van der Waals surface area contributed by atoms with E-state index in [1.165, 1.54) is 17.3 Å². The molecule has 3 nitrogen and oxygen atoms in total. The monoisotopic (exact) mass is 241 g/mol. The van der Waals surface area contributed by atoms with Gasteiger partial charge in [-0.15, -0.1) is 0 Å². The fraction of sp³-hybridized carbons (Fsp3) is 0.500. The number of anilines is 2. The van der Waals surface area contributed by atoms with E-state index in [2.05, 4.69) is 10.3 Å². The van der Waals surface area contributed by atoms with Crippen LogP contribution in [0.4, 0.5) is 11.5 Å². The van der Waals surface area contributed by atoms with Gasteiger partial charge < -0.3 is 11.1 Å². The van der Waals surface area contributed by atoms with Crippen LogP contribution in [0.15, 0.2) is 18.3 Å². The van der Waals surface area contributed by atoms with E-state index in [1.54, 1.807) is 6.20 Å². The first-order valence-corrected chi connectivity index (χ1v) is 7.20. The highest BCUT2D eigenvalue weighted by Crippen LogP contribution is 2.24. The molecule has 1 aromatic heterocycles. The molecule has 1 aliphatic heterocycles. The Labute approximate surface area is 98.6 Å². The Bertz CT molecular complexity index is 313. The van der Waals surface area contributed by atoms with Gasteiger partial charge >= 0.3 is 0 Å². The number of hydrogen-bond acceptors (Lipinski definition) is 5. The van der Waals surface area contributed by atoms with Crippen LogP contribution in [0.5, 0.6) is 0 Å². The Morgan fingerprint density at radius 1 is 1.53 bits per heavy atom. The van der Waals surface area contributed by atoms with Crippen LogP contribution in [0.25, 0.3) is 0 Å². The molecule has 1 saturated heterocycles. The number of nitrogens with two attached hydrogens (primary N) is 1. The third-order valence-corrected chi connectivity index (χ3v) is 5.09. The van der Waals surface area contributed by atoms with E-state index >= 15 is 0 Å². The lowest BCUT2D eigenvalue weighted by Gasteiger charge is -2.21. The zero-order valence-electron chi connectivity index (χ0n) is 8.48. The van der Waals surface area contributed by atoms with E-state index in [4.69, 9.17) is 5.73 Å². The van der Waals surface area contributed by atoms with Crippen LogP contribution in [-0.4, -0.2) is 34.0 Å². The zero-order chi connectivity index (χ0) is 10.5.